The average Bonchev–Trinajstić information content (AvgIpc) is 3.13. The Kier molecular flexibility index (Phi) is 6.08. The van der Waals surface area contributed by atoms with Gasteiger partial charge in [0.2, 0.25) is 5.91 Å². The van der Waals surface area contributed by atoms with E-state index >= 15 is 0 Å². The molecule has 5 heteroatoms. The third kappa shape index (κ3) is 4.82. The zero-order valence-electron chi connectivity index (χ0n) is 14.3. The van der Waals surface area contributed by atoms with Crippen LogP contribution in [0, 0.1) is 6.92 Å². The van der Waals surface area contributed by atoms with E-state index in [0.29, 0.717) is 17.3 Å². The lowest BCUT2D eigenvalue weighted by Crippen LogP contribution is -2.37. The van der Waals surface area contributed by atoms with E-state index in [1.807, 2.05) is 49.4 Å². The molecule has 25 heavy (non-hydrogen) atoms. The Hall–Kier alpha value is -1.88. The molecule has 1 saturated heterocycles. The Labute approximate surface area is 153 Å². The molecule has 0 spiro atoms. The van der Waals surface area contributed by atoms with Gasteiger partial charge >= 0.3 is 0 Å². The maximum Gasteiger partial charge on any atom is 0.246 e. The minimum absolute atomic E-state index is 0.107. The summed E-state index contributed by atoms with van der Waals surface area (Å²) in [5.41, 5.74) is 2.60. The van der Waals surface area contributed by atoms with Crippen LogP contribution in [0.5, 0.6) is 0 Å². The predicted octanol–water partition coefficient (Wildman–Crippen LogP) is 4.10. The molecule has 1 amide bonds. The molecule has 1 aliphatic heterocycles. The fourth-order valence-corrected chi connectivity index (χ4v) is 3.13. The standard InChI is InChI=1S/C20H23ClN2O2/c1-14-9-10-16(12-18(14)21)23-20(24)19(15-6-3-2-4-7-15)22-13-17-8-5-11-25-17/h2-4,6-7,9-10,12,17,19,22H,5,8,11,13H2,1H3,(H,23,24)/t17-,19-/m0/s1. The highest BCUT2D eigenvalue weighted by Crippen LogP contribution is 2.22. The van der Waals surface area contributed by atoms with Crippen molar-refractivity contribution in [2.75, 3.05) is 18.5 Å². The van der Waals surface area contributed by atoms with Gasteiger partial charge in [0.05, 0.1) is 6.10 Å². The summed E-state index contributed by atoms with van der Waals surface area (Å²) in [6.45, 7) is 3.39. The molecule has 2 atom stereocenters. The van der Waals surface area contributed by atoms with Crippen LogP contribution in [0.4, 0.5) is 5.69 Å². The molecule has 2 N–H and O–H groups in total. The first-order valence-corrected chi connectivity index (χ1v) is 8.98. The molecular weight excluding hydrogens is 336 g/mol. The average molecular weight is 359 g/mol. The molecule has 1 aliphatic rings. The molecule has 2 aromatic carbocycles. The smallest absolute Gasteiger partial charge is 0.246 e. The second-order valence-corrected chi connectivity index (χ2v) is 6.75. The summed E-state index contributed by atoms with van der Waals surface area (Å²) in [6.07, 6.45) is 2.29. The monoisotopic (exact) mass is 358 g/mol. The third-order valence-electron chi connectivity index (χ3n) is 4.41. The quantitative estimate of drug-likeness (QED) is 0.817. The van der Waals surface area contributed by atoms with Crippen molar-refractivity contribution in [1.82, 2.24) is 5.32 Å². The van der Waals surface area contributed by atoms with Crippen LogP contribution in [0.25, 0.3) is 0 Å². The number of halogens is 1. The van der Waals surface area contributed by atoms with E-state index < -0.39 is 6.04 Å². The second kappa shape index (κ2) is 8.48. The highest BCUT2D eigenvalue weighted by Gasteiger charge is 2.23. The Morgan fingerprint density at radius 3 is 2.76 bits per heavy atom. The van der Waals surface area contributed by atoms with Crippen molar-refractivity contribution < 1.29 is 9.53 Å². The molecule has 132 valence electrons. The summed E-state index contributed by atoms with van der Waals surface area (Å²) in [4.78, 5) is 12.9. The molecule has 2 aromatic rings. The molecule has 1 heterocycles. The minimum atomic E-state index is -0.439. The SMILES string of the molecule is Cc1ccc(NC(=O)[C@@H](NC[C@@H]2CCCO2)c2ccccc2)cc1Cl. The van der Waals surface area contributed by atoms with Crippen LogP contribution in [-0.2, 0) is 9.53 Å². The van der Waals surface area contributed by atoms with Crippen molar-refractivity contribution in [3.05, 3.63) is 64.7 Å². The van der Waals surface area contributed by atoms with Crippen LogP contribution in [-0.4, -0.2) is 25.2 Å². The summed E-state index contributed by atoms with van der Waals surface area (Å²) < 4.78 is 5.65. The van der Waals surface area contributed by atoms with Crippen LogP contribution < -0.4 is 10.6 Å². The number of hydrogen-bond donors (Lipinski definition) is 2. The maximum absolute atomic E-state index is 12.9. The van der Waals surface area contributed by atoms with Gasteiger partial charge in [-0.25, -0.2) is 0 Å². The second-order valence-electron chi connectivity index (χ2n) is 6.34. The number of benzene rings is 2. The van der Waals surface area contributed by atoms with Crippen molar-refractivity contribution in [2.45, 2.75) is 31.9 Å². The highest BCUT2D eigenvalue weighted by atomic mass is 35.5. The number of aryl methyl sites for hydroxylation is 1. The van der Waals surface area contributed by atoms with E-state index in [1.54, 1.807) is 6.07 Å². The molecule has 0 bridgehead atoms. The van der Waals surface area contributed by atoms with E-state index in [2.05, 4.69) is 10.6 Å². The molecule has 0 aliphatic carbocycles. The lowest BCUT2D eigenvalue weighted by Gasteiger charge is -2.21. The number of hydrogen-bond acceptors (Lipinski definition) is 3. The molecule has 1 fully saturated rings. The Morgan fingerprint density at radius 2 is 2.08 bits per heavy atom. The van der Waals surface area contributed by atoms with Gasteiger partial charge in [-0.1, -0.05) is 48.0 Å². The first-order valence-electron chi connectivity index (χ1n) is 8.60. The Balaban J connectivity index is 1.72. The molecule has 0 radical (unpaired) electrons. The summed E-state index contributed by atoms with van der Waals surface area (Å²) in [7, 11) is 0. The van der Waals surface area contributed by atoms with E-state index in [1.165, 1.54) is 0 Å². The van der Waals surface area contributed by atoms with Gasteiger partial charge in [-0.15, -0.1) is 0 Å². The largest absolute Gasteiger partial charge is 0.377 e. The number of anilines is 1. The van der Waals surface area contributed by atoms with Crippen molar-refractivity contribution in [1.29, 1.82) is 0 Å². The molecular formula is C20H23ClN2O2. The van der Waals surface area contributed by atoms with Gasteiger partial charge in [-0.2, -0.15) is 0 Å². The fraction of sp³-hybridized carbons (Fsp3) is 0.350. The zero-order valence-corrected chi connectivity index (χ0v) is 15.1. The Morgan fingerprint density at radius 1 is 1.28 bits per heavy atom. The number of nitrogens with one attached hydrogen (secondary N) is 2. The number of ether oxygens (including phenoxy) is 1. The zero-order chi connectivity index (χ0) is 17.6. The minimum Gasteiger partial charge on any atom is -0.377 e. The molecule has 0 unspecified atom stereocenters. The van der Waals surface area contributed by atoms with E-state index in [9.17, 15) is 4.79 Å². The summed E-state index contributed by atoms with van der Waals surface area (Å²) in [5, 5.41) is 6.95. The lowest BCUT2D eigenvalue weighted by atomic mass is 10.1. The van der Waals surface area contributed by atoms with Crippen molar-refractivity contribution >= 4 is 23.2 Å². The number of rotatable bonds is 6. The third-order valence-corrected chi connectivity index (χ3v) is 4.82. The normalized spacial score (nSPS) is 18.1. The van der Waals surface area contributed by atoms with Crippen LogP contribution in [0.15, 0.2) is 48.5 Å². The van der Waals surface area contributed by atoms with E-state index in [4.69, 9.17) is 16.3 Å². The van der Waals surface area contributed by atoms with Crippen molar-refractivity contribution in [3.8, 4) is 0 Å². The molecule has 0 saturated carbocycles. The van der Waals surface area contributed by atoms with Crippen LogP contribution in [0.3, 0.4) is 0 Å². The van der Waals surface area contributed by atoms with Gasteiger partial charge in [0.15, 0.2) is 0 Å². The number of carbonyl (C=O) groups excluding carboxylic acids is 1. The topological polar surface area (TPSA) is 50.4 Å². The summed E-state index contributed by atoms with van der Waals surface area (Å²) in [5.74, 6) is -0.107. The molecule has 3 rings (SSSR count). The van der Waals surface area contributed by atoms with E-state index in [-0.39, 0.29) is 12.0 Å². The summed E-state index contributed by atoms with van der Waals surface area (Å²) >= 11 is 6.16. The predicted molar refractivity (Wildman–Crippen MR) is 101 cm³/mol. The van der Waals surface area contributed by atoms with Crippen LogP contribution >= 0.6 is 11.6 Å². The molecule has 4 nitrogen and oxygen atoms in total. The highest BCUT2D eigenvalue weighted by molar-refractivity contribution is 6.31. The van der Waals surface area contributed by atoms with Gasteiger partial charge in [0.25, 0.3) is 0 Å². The van der Waals surface area contributed by atoms with Gasteiger partial charge in [-0.05, 0) is 43.0 Å². The number of carbonyl (C=O) groups is 1. The van der Waals surface area contributed by atoms with Gasteiger partial charge < -0.3 is 10.1 Å². The number of amides is 1. The lowest BCUT2D eigenvalue weighted by molar-refractivity contribution is -0.118. The van der Waals surface area contributed by atoms with E-state index in [0.717, 1.165) is 30.6 Å². The van der Waals surface area contributed by atoms with Gasteiger partial charge in [-0.3, -0.25) is 10.1 Å². The van der Waals surface area contributed by atoms with Gasteiger partial charge in [0, 0.05) is 23.9 Å². The van der Waals surface area contributed by atoms with Crippen LogP contribution in [0.1, 0.15) is 30.0 Å². The van der Waals surface area contributed by atoms with Crippen molar-refractivity contribution in [3.63, 3.8) is 0 Å². The van der Waals surface area contributed by atoms with Gasteiger partial charge in [0.1, 0.15) is 6.04 Å². The van der Waals surface area contributed by atoms with Crippen LogP contribution in [0.2, 0.25) is 5.02 Å². The summed E-state index contributed by atoms with van der Waals surface area (Å²) in [6, 6.07) is 14.8. The fourth-order valence-electron chi connectivity index (χ4n) is 2.95. The Bertz CT molecular complexity index is 715. The van der Waals surface area contributed by atoms with Crippen molar-refractivity contribution in [2.24, 2.45) is 0 Å². The maximum atomic E-state index is 12.9. The first kappa shape index (κ1) is 17.9. The molecule has 0 aromatic heterocycles. The first-order chi connectivity index (χ1) is 12.1.